The normalized spacial score (nSPS) is 12.9. The molecular weight excluding hydrogens is 402 g/mol. The first kappa shape index (κ1) is 21.0. The van der Waals surface area contributed by atoms with E-state index in [0.29, 0.717) is 10.4 Å². The number of nitriles is 1. The maximum atomic E-state index is 12.3. The summed E-state index contributed by atoms with van der Waals surface area (Å²) < 4.78 is 8.97. The number of thiazole rings is 1. The van der Waals surface area contributed by atoms with Crippen LogP contribution in [0.4, 0.5) is 5.69 Å². The average Bonchev–Trinajstić information content (AvgIpc) is 3.05. The highest BCUT2D eigenvalue weighted by Crippen LogP contribution is 2.34. The molecule has 0 aliphatic rings. The van der Waals surface area contributed by atoms with Crippen molar-refractivity contribution in [2.24, 2.45) is 5.92 Å². The molecule has 150 valence electrons. The van der Waals surface area contributed by atoms with Crippen LogP contribution in [0.15, 0.2) is 48.5 Å². The second-order valence-corrected chi connectivity index (χ2v) is 8.55. The fraction of sp³-hybridized carbons (Fsp3) is 0.318. The number of fused-ring (bicyclic) bond motifs is 1. The third kappa shape index (κ3) is 4.50. The number of carbonyl (C=O) groups excluding carboxylic acids is 1. The van der Waals surface area contributed by atoms with Gasteiger partial charge in [0, 0.05) is 19.8 Å². The molecule has 0 aliphatic carbocycles. The average molecular weight is 426 g/mol. The summed E-state index contributed by atoms with van der Waals surface area (Å²) in [5, 5.41) is 9.63. The van der Waals surface area contributed by atoms with E-state index in [1.807, 2.05) is 67.5 Å². The van der Waals surface area contributed by atoms with Gasteiger partial charge in [0.05, 0.1) is 28.9 Å². The molecule has 3 rings (SSSR count). The monoisotopic (exact) mass is 425 g/mol. The molecule has 0 fully saturated rings. The maximum absolute atomic E-state index is 12.3. The zero-order chi connectivity index (χ0) is 21.0. The van der Waals surface area contributed by atoms with E-state index in [0.717, 1.165) is 21.5 Å². The molecule has 0 saturated carbocycles. The van der Waals surface area contributed by atoms with E-state index in [9.17, 15) is 10.1 Å². The Balaban J connectivity index is 2.11. The standard InChI is InChI=1S/C22H23N3O2S2/c1-4-27-21(26)16(14-23)13-19(15-9-11-17(12-10-15)24(2)3)25-18-7-5-6-8-20(18)29-22(25)28/h5-12,16,19H,4,13H2,1-3H3. The van der Waals surface area contributed by atoms with E-state index < -0.39 is 11.9 Å². The highest BCUT2D eigenvalue weighted by atomic mass is 32.1. The lowest BCUT2D eigenvalue weighted by Crippen LogP contribution is -2.22. The highest BCUT2D eigenvalue weighted by molar-refractivity contribution is 7.73. The SMILES string of the molecule is CCOC(=O)C(C#N)CC(c1ccc(N(C)C)cc1)n1c(=S)sc2ccccc21. The first-order valence-corrected chi connectivity index (χ1v) is 10.6. The molecule has 0 spiro atoms. The first-order chi connectivity index (χ1) is 14.0. The van der Waals surface area contributed by atoms with E-state index in [-0.39, 0.29) is 12.6 Å². The summed E-state index contributed by atoms with van der Waals surface area (Å²) in [5.41, 5.74) is 3.08. The van der Waals surface area contributed by atoms with Gasteiger partial charge in [-0.25, -0.2) is 0 Å². The quantitative estimate of drug-likeness (QED) is 0.386. The lowest BCUT2D eigenvalue weighted by molar-refractivity contribution is -0.146. The molecule has 0 saturated heterocycles. The van der Waals surface area contributed by atoms with Crippen molar-refractivity contribution in [3.63, 3.8) is 0 Å². The summed E-state index contributed by atoms with van der Waals surface area (Å²) in [6, 6.07) is 18.0. The van der Waals surface area contributed by atoms with Gasteiger partial charge in [0.2, 0.25) is 0 Å². The predicted molar refractivity (Wildman–Crippen MR) is 120 cm³/mol. The minimum atomic E-state index is -0.867. The van der Waals surface area contributed by atoms with Crippen molar-refractivity contribution in [2.45, 2.75) is 19.4 Å². The molecule has 7 heteroatoms. The summed E-state index contributed by atoms with van der Waals surface area (Å²) >= 11 is 7.21. The van der Waals surface area contributed by atoms with E-state index in [1.54, 1.807) is 6.92 Å². The van der Waals surface area contributed by atoms with Gasteiger partial charge >= 0.3 is 5.97 Å². The minimum Gasteiger partial charge on any atom is -0.465 e. The van der Waals surface area contributed by atoms with E-state index in [4.69, 9.17) is 17.0 Å². The third-order valence-electron chi connectivity index (χ3n) is 4.81. The van der Waals surface area contributed by atoms with Crippen LogP contribution in [0.25, 0.3) is 10.2 Å². The Kier molecular flexibility index (Phi) is 6.68. The zero-order valence-electron chi connectivity index (χ0n) is 16.7. The highest BCUT2D eigenvalue weighted by Gasteiger charge is 2.27. The van der Waals surface area contributed by atoms with Crippen LogP contribution in [0.5, 0.6) is 0 Å². The molecule has 0 bridgehead atoms. The topological polar surface area (TPSA) is 58.3 Å². The Morgan fingerprint density at radius 2 is 1.93 bits per heavy atom. The maximum Gasteiger partial charge on any atom is 0.323 e. The summed E-state index contributed by atoms with van der Waals surface area (Å²) in [5.74, 6) is -1.36. The van der Waals surface area contributed by atoms with Gasteiger partial charge in [0.15, 0.2) is 3.95 Å². The first-order valence-electron chi connectivity index (χ1n) is 9.39. The van der Waals surface area contributed by atoms with Crippen molar-refractivity contribution < 1.29 is 9.53 Å². The van der Waals surface area contributed by atoms with E-state index >= 15 is 0 Å². The fourth-order valence-electron chi connectivity index (χ4n) is 3.33. The van der Waals surface area contributed by atoms with Crippen LogP contribution in [-0.2, 0) is 9.53 Å². The Labute approximate surface area is 179 Å². The third-order valence-corrected chi connectivity index (χ3v) is 6.19. The molecule has 2 unspecified atom stereocenters. The van der Waals surface area contributed by atoms with Gasteiger partial charge in [-0.1, -0.05) is 24.3 Å². The van der Waals surface area contributed by atoms with Gasteiger partial charge in [0.1, 0.15) is 5.92 Å². The number of carbonyl (C=O) groups is 1. The molecule has 5 nitrogen and oxygen atoms in total. The van der Waals surface area contributed by atoms with Gasteiger partial charge in [-0.05, 0) is 55.4 Å². The van der Waals surface area contributed by atoms with Gasteiger partial charge in [-0.2, -0.15) is 5.26 Å². The van der Waals surface area contributed by atoms with Crippen molar-refractivity contribution in [1.82, 2.24) is 4.57 Å². The van der Waals surface area contributed by atoms with Crippen LogP contribution in [0.2, 0.25) is 0 Å². The van der Waals surface area contributed by atoms with Crippen LogP contribution < -0.4 is 4.90 Å². The number of benzene rings is 2. The van der Waals surface area contributed by atoms with Gasteiger partial charge in [-0.3, -0.25) is 4.79 Å². The molecule has 0 N–H and O–H groups in total. The smallest absolute Gasteiger partial charge is 0.323 e. The number of aromatic nitrogens is 1. The van der Waals surface area contributed by atoms with Crippen LogP contribution in [0.3, 0.4) is 0 Å². The van der Waals surface area contributed by atoms with Crippen LogP contribution in [0.1, 0.15) is 24.9 Å². The molecular formula is C22H23N3O2S2. The molecule has 1 aromatic heterocycles. The molecule has 1 heterocycles. The zero-order valence-corrected chi connectivity index (χ0v) is 18.3. The number of rotatable bonds is 7. The fourth-order valence-corrected chi connectivity index (χ4v) is 4.76. The molecule has 3 aromatic rings. The number of esters is 1. The van der Waals surface area contributed by atoms with Gasteiger partial charge < -0.3 is 14.2 Å². The van der Waals surface area contributed by atoms with Crippen molar-refractivity contribution in [3.05, 3.63) is 58.0 Å². The van der Waals surface area contributed by atoms with Crippen molar-refractivity contribution in [2.75, 3.05) is 25.6 Å². The van der Waals surface area contributed by atoms with Crippen LogP contribution >= 0.6 is 23.6 Å². The molecule has 0 aliphatic heterocycles. The number of anilines is 1. The Bertz CT molecular complexity index is 1090. The number of ether oxygens (including phenoxy) is 1. The van der Waals surface area contributed by atoms with Gasteiger partial charge in [0.25, 0.3) is 0 Å². The summed E-state index contributed by atoms with van der Waals surface area (Å²) in [4.78, 5) is 14.3. The summed E-state index contributed by atoms with van der Waals surface area (Å²) in [7, 11) is 3.98. The second kappa shape index (κ2) is 9.21. The van der Waals surface area contributed by atoms with Crippen molar-refractivity contribution >= 4 is 45.4 Å². The molecule has 2 aromatic carbocycles. The predicted octanol–water partition coefficient (Wildman–Crippen LogP) is 5.18. The lowest BCUT2D eigenvalue weighted by atomic mass is 9.94. The molecule has 2 atom stereocenters. The second-order valence-electron chi connectivity index (χ2n) is 6.88. The van der Waals surface area contributed by atoms with Crippen LogP contribution in [0, 0.1) is 21.2 Å². The Hall–Kier alpha value is -2.69. The number of hydrogen-bond donors (Lipinski definition) is 0. The van der Waals surface area contributed by atoms with Crippen molar-refractivity contribution in [3.8, 4) is 6.07 Å². The van der Waals surface area contributed by atoms with Crippen molar-refractivity contribution in [1.29, 1.82) is 5.26 Å². The van der Waals surface area contributed by atoms with Gasteiger partial charge in [-0.15, -0.1) is 11.3 Å². The number of nitrogens with zero attached hydrogens (tertiary/aromatic N) is 3. The molecule has 0 radical (unpaired) electrons. The Morgan fingerprint density at radius 3 is 2.55 bits per heavy atom. The van der Waals surface area contributed by atoms with Crippen LogP contribution in [-0.4, -0.2) is 31.2 Å². The summed E-state index contributed by atoms with van der Waals surface area (Å²) in [6.45, 7) is 1.99. The minimum absolute atomic E-state index is 0.246. The Morgan fingerprint density at radius 1 is 1.24 bits per heavy atom. The van der Waals surface area contributed by atoms with E-state index in [1.165, 1.54) is 11.3 Å². The largest absolute Gasteiger partial charge is 0.465 e. The van der Waals surface area contributed by atoms with E-state index in [2.05, 4.69) is 10.6 Å². The number of para-hydroxylation sites is 1. The summed E-state index contributed by atoms with van der Waals surface area (Å²) in [6.07, 6.45) is 0.297. The number of hydrogen-bond acceptors (Lipinski definition) is 6. The molecule has 29 heavy (non-hydrogen) atoms. The lowest BCUT2D eigenvalue weighted by Gasteiger charge is -2.23. The molecule has 0 amide bonds.